The van der Waals surface area contributed by atoms with Gasteiger partial charge >= 0.3 is 6.18 Å². The Labute approximate surface area is 179 Å². The topological polar surface area (TPSA) is 71.2 Å². The molecule has 2 aromatic rings. The van der Waals surface area contributed by atoms with Crippen molar-refractivity contribution >= 4 is 23.2 Å². The highest BCUT2D eigenvalue weighted by molar-refractivity contribution is 6.30. The number of halogens is 5. The third-order valence-electron chi connectivity index (χ3n) is 4.75. The number of hydrogen-bond acceptors (Lipinski definition) is 3. The van der Waals surface area contributed by atoms with Crippen molar-refractivity contribution in [1.82, 2.24) is 4.98 Å². The molecular formula is C21H17ClF4N2O3. The largest absolute Gasteiger partial charge is 0.460 e. The summed E-state index contributed by atoms with van der Waals surface area (Å²) in [6.45, 7) is 2.76. The molecule has 31 heavy (non-hydrogen) atoms. The third-order valence-corrected chi connectivity index (χ3v) is 5.09. The molecule has 0 bridgehead atoms. The van der Waals surface area contributed by atoms with Crippen molar-refractivity contribution in [3.63, 3.8) is 0 Å². The molecule has 2 atom stereocenters. The van der Waals surface area contributed by atoms with Gasteiger partial charge < -0.3 is 15.0 Å². The first-order valence-electron chi connectivity index (χ1n) is 9.09. The number of aromatic nitrogens is 1. The fourth-order valence-corrected chi connectivity index (χ4v) is 3.69. The first-order chi connectivity index (χ1) is 14.5. The van der Waals surface area contributed by atoms with Gasteiger partial charge in [-0.2, -0.15) is 13.2 Å². The van der Waals surface area contributed by atoms with Gasteiger partial charge in [-0.15, -0.1) is 0 Å². The van der Waals surface area contributed by atoms with Crippen molar-refractivity contribution in [1.29, 1.82) is 0 Å². The van der Waals surface area contributed by atoms with E-state index in [1.165, 1.54) is 32.2 Å². The SMILES string of the molecule is Cc1cc(F)ccc1OC1=C(C(=O)Nc2cc[nH]c(=O)c2)C=C(Cl)C(C(F)(F)F)C1C. The maximum absolute atomic E-state index is 13.6. The molecule has 1 aromatic carbocycles. The number of carbonyl (C=O) groups excluding carboxylic acids is 1. The van der Waals surface area contributed by atoms with Crippen LogP contribution < -0.4 is 15.6 Å². The van der Waals surface area contributed by atoms with Crippen molar-refractivity contribution in [2.45, 2.75) is 20.0 Å². The molecule has 1 aliphatic carbocycles. The zero-order valence-corrected chi connectivity index (χ0v) is 17.1. The highest BCUT2D eigenvalue weighted by Gasteiger charge is 2.49. The van der Waals surface area contributed by atoms with E-state index in [0.29, 0.717) is 5.56 Å². The molecule has 1 heterocycles. The van der Waals surface area contributed by atoms with Gasteiger partial charge in [-0.1, -0.05) is 18.5 Å². The summed E-state index contributed by atoms with van der Waals surface area (Å²) in [7, 11) is 0. The van der Waals surface area contributed by atoms with Crippen molar-refractivity contribution in [2.75, 3.05) is 5.32 Å². The number of hydrogen-bond donors (Lipinski definition) is 2. The smallest absolute Gasteiger partial charge is 0.397 e. The number of amides is 1. The van der Waals surface area contributed by atoms with E-state index >= 15 is 0 Å². The summed E-state index contributed by atoms with van der Waals surface area (Å²) in [5.74, 6) is -4.96. The lowest BCUT2D eigenvalue weighted by atomic mass is 9.84. The van der Waals surface area contributed by atoms with E-state index in [1.807, 2.05) is 0 Å². The summed E-state index contributed by atoms with van der Waals surface area (Å²) < 4.78 is 60.0. The van der Waals surface area contributed by atoms with E-state index in [1.54, 1.807) is 0 Å². The lowest BCUT2D eigenvalue weighted by Crippen LogP contribution is -2.36. The number of allylic oxidation sites excluding steroid dienone is 2. The molecule has 0 aliphatic heterocycles. The number of ether oxygens (including phenoxy) is 1. The quantitative estimate of drug-likeness (QED) is 0.633. The lowest BCUT2D eigenvalue weighted by molar-refractivity contribution is -0.173. The predicted molar refractivity (Wildman–Crippen MR) is 107 cm³/mol. The Morgan fingerprint density at radius 1 is 1.23 bits per heavy atom. The monoisotopic (exact) mass is 456 g/mol. The van der Waals surface area contributed by atoms with Gasteiger partial charge in [0.05, 0.1) is 5.57 Å². The lowest BCUT2D eigenvalue weighted by Gasteiger charge is -2.32. The van der Waals surface area contributed by atoms with Gasteiger partial charge in [0.2, 0.25) is 5.56 Å². The van der Waals surface area contributed by atoms with E-state index in [9.17, 15) is 27.2 Å². The number of rotatable bonds is 4. The Kier molecular flexibility index (Phi) is 6.26. The number of alkyl halides is 3. The summed E-state index contributed by atoms with van der Waals surface area (Å²) in [5.41, 5.74) is -0.248. The third kappa shape index (κ3) is 4.99. The fourth-order valence-electron chi connectivity index (χ4n) is 3.27. The number of aromatic amines is 1. The average molecular weight is 457 g/mol. The van der Waals surface area contributed by atoms with Crippen LogP contribution in [0.25, 0.3) is 0 Å². The predicted octanol–water partition coefficient (Wildman–Crippen LogP) is 5.04. The molecule has 1 amide bonds. The second kappa shape index (κ2) is 8.58. The minimum absolute atomic E-state index is 0.0945. The number of carbonyl (C=O) groups is 1. The minimum atomic E-state index is -4.69. The molecule has 10 heteroatoms. The van der Waals surface area contributed by atoms with Crippen LogP contribution >= 0.6 is 11.6 Å². The Morgan fingerprint density at radius 3 is 2.55 bits per heavy atom. The van der Waals surface area contributed by atoms with E-state index in [-0.39, 0.29) is 22.8 Å². The van der Waals surface area contributed by atoms with Gasteiger partial charge in [-0.25, -0.2) is 4.39 Å². The first kappa shape index (κ1) is 22.6. The molecule has 0 fully saturated rings. The summed E-state index contributed by atoms with van der Waals surface area (Å²) in [6.07, 6.45) is -2.48. The molecule has 1 aliphatic rings. The second-order valence-corrected chi connectivity index (χ2v) is 7.46. The first-order valence-corrected chi connectivity index (χ1v) is 9.47. The number of H-pyrrole nitrogens is 1. The molecule has 3 rings (SSSR count). The van der Waals surface area contributed by atoms with E-state index < -0.39 is 40.3 Å². The molecular weight excluding hydrogens is 440 g/mol. The maximum atomic E-state index is 13.6. The van der Waals surface area contributed by atoms with Crippen molar-refractivity contribution in [2.24, 2.45) is 11.8 Å². The number of aryl methyl sites for hydroxylation is 1. The highest BCUT2D eigenvalue weighted by atomic mass is 35.5. The van der Waals surface area contributed by atoms with E-state index in [0.717, 1.165) is 24.3 Å². The minimum Gasteiger partial charge on any atom is -0.460 e. The Balaban J connectivity index is 2.07. The van der Waals surface area contributed by atoms with Crippen LogP contribution in [0.15, 0.2) is 63.8 Å². The van der Waals surface area contributed by atoms with Gasteiger partial charge in [0.15, 0.2) is 0 Å². The summed E-state index contributed by atoms with van der Waals surface area (Å²) in [5, 5.41) is 1.88. The molecule has 5 nitrogen and oxygen atoms in total. The Bertz CT molecular complexity index is 1140. The van der Waals surface area contributed by atoms with Crippen LogP contribution in [-0.4, -0.2) is 17.1 Å². The van der Waals surface area contributed by atoms with Crippen LogP contribution in [0.3, 0.4) is 0 Å². The van der Waals surface area contributed by atoms with Crippen molar-refractivity contribution < 1.29 is 27.1 Å². The summed E-state index contributed by atoms with van der Waals surface area (Å²) >= 11 is 5.92. The van der Waals surface area contributed by atoms with Gasteiger partial charge in [-0.3, -0.25) is 9.59 Å². The van der Waals surface area contributed by atoms with Crippen molar-refractivity contribution in [3.8, 4) is 5.75 Å². The van der Waals surface area contributed by atoms with Gasteiger partial charge in [0, 0.05) is 28.9 Å². The van der Waals surface area contributed by atoms with Crippen LogP contribution in [0.1, 0.15) is 12.5 Å². The van der Waals surface area contributed by atoms with Gasteiger partial charge in [0.1, 0.15) is 23.2 Å². The molecule has 2 unspecified atom stereocenters. The molecule has 0 spiro atoms. The summed E-state index contributed by atoms with van der Waals surface area (Å²) in [6, 6.07) is 6.03. The van der Waals surface area contributed by atoms with E-state index in [4.69, 9.17) is 16.3 Å². The van der Waals surface area contributed by atoms with Crippen LogP contribution in [0, 0.1) is 24.6 Å². The van der Waals surface area contributed by atoms with Gasteiger partial charge in [0.25, 0.3) is 5.91 Å². The van der Waals surface area contributed by atoms with E-state index in [2.05, 4.69) is 10.3 Å². The maximum Gasteiger partial charge on any atom is 0.397 e. The average Bonchev–Trinajstić information content (AvgIpc) is 2.64. The fraction of sp³-hybridized carbons (Fsp3) is 0.238. The molecule has 1 aromatic heterocycles. The Hall–Kier alpha value is -3.07. The molecule has 2 N–H and O–H groups in total. The van der Waals surface area contributed by atoms with Gasteiger partial charge in [-0.05, 0) is 42.8 Å². The standard InChI is InChI=1S/C21H17ClF4N2O3/c1-10-7-12(23)3-4-16(10)31-19-11(2)18(21(24,25)26)15(22)9-14(19)20(30)28-13-5-6-27-17(29)8-13/h3-9,11,18H,1-2H3,(H2,27,28,29,30). The molecule has 0 radical (unpaired) electrons. The number of benzene rings is 1. The van der Waals surface area contributed by atoms with Crippen LogP contribution in [-0.2, 0) is 4.79 Å². The normalized spacial score (nSPS) is 19.1. The van der Waals surface area contributed by atoms with Crippen LogP contribution in [0.2, 0.25) is 0 Å². The summed E-state index contributed by atoms with van der Waals surface area (Å²) in [4.78, 5) is 26.7. The Morgan fingerprint density at radius 2 is 1.94 bits per heavy atom. The second-order valence-electron chi connectivity index (χ2n) is 7.02. The number of anilines is 1. The van der Waals surface area contributed by atoms with Crippen LogP contribution in [0.5, 0.6) is 5.75 Å². The molecule has 164 valence electrons. The van der Waals surface area contributed by atoms with Crippen LogP contribution in [0.4, 0.5) is 23.2 Å². The molecule has 0 saturated carbocycles. The van der Waals surface area contributed by atoms with Crippen molar-refractivity contribution in [3.05, 3.63) is 80.7 Å². The number of nitrogens with one attached hydrogen (secondary N) is 2. The highest BCUT2D eigenvalue weighted by Crippen LogP contribution is 2.46. The zero-order valence-electron chi connectivity index (χ0n) is 16.3. The number of pyridine rings is 1. The zero-order chi connectivity index (χ0) is 22.9. The molecule has 0 saturated heterocycles.